The lowest BCUT2D eigenvalue weighted by molar-refractivity contribution is -0.0768. The van der Waals surface area contributed by atoms with Crippen LogP contribution in [0.4, 0.5) is 4.79 Å². The topological polar surface area (TPSA) is 51.5 Å². The number of nitrogens with zero attached hydrogens (tertiary/aromatic N) is 2. The molecule has 5 nitrogen and oxygen atoms in total. The molecule has 0 saturated carbocycles. The molecule has 2 atom stereocenters. The number of amides is 1. The summed E-state index contributed by atoms with van der Waals surface area (Å²) < 4.78 is 7.98. The third-order valence-electron chi connectivity index (χ3n) is 7.38. The summed E-state index contributed by atoms with van der Waals surface area (Å²) in [5.41, 5.74) is 2.82. The summed E-state index contributed by atoms with van der Waals surface area (Å²) in [5.74, 6) is 2.87. The van der Waals surface area contributed by atoms with Crippen LogP contribution in [0.1, 0.15) is 70.7 Å². The van der Waals surface area contributed by atoms with Gasteiger partial charge in [0.05, 0.1) is 6.04 Å². The molecule has 0 radical (unpaired) electrons. The molecule has 1 amide bonds. The van der Waals surface area contributed by atoms with Crippen molar-refractivity contribution in [3.63, 3.8) is 0 Å². The largest absolute Gasteiger partial charge is 0.438 e. The Morgan fingerprint density at radius 1 is 0.973 bits per heavy atom. The first kappa shape index (κ1) is 26.3. The molecule has 1 aromatic heterocycles. The van der Waals surface area contributed by atoms with E-state index >= 15 is 0 Å². The summed E-state index contributed by atoms with van der Waals surface area (Å²) in [6.07, 6.45) is 8.60. The second-order valence-corrected chi connectivity index (χ2v) is 10.9. The van der Waals surface area contributed by atoms with E-state index in [-0.39, 0.29) is 23.7 Å². The van der Waals surface area contributed by atoms with E-state index in [2.05, 4.69) is 5.92 Å². The highest BCUT2D eigenvalue weighted by atomic mass is 16.6. The average molecular weight is 497 g/mol. The van der Waals surface area contributed by atoms with Crippen molar-refractivity contribution < 1.29 is 9.53 Å². The monoisotopic (exact) mass is 496 g/mol. The Bertz CT molecular complexity index is 1350. The minimum atomic E-state index is -0.756. The van der Waals surface area contributed by atoms with Crippen LogP contribution in [-0.2, 0) is 10.3 Å². The molecule has 1 saturated heterocycles. The molecule has 0 aliphatic carbocycles. The lowest BCUT2D eigenvalue weighted by Crippen LogP contribution is -2.50. The van der Waals surface area contributed by atoms with Gasteiger partial charge in [-0.15, -0.1) is 12.3 Å². The van der Waals surface area contributed by atoms with Crippen LogP contribution in [0.15, 0.2) is 77.7 Å². The molecule has 0 unspecified atom stereocenters. The van der Waals surface area contributed by atoms with Crippen molar-refractivity contribution in [3.8, 4) is 23.5 Å². The number of aromatic nitrogens is 1. The molecule has 4 rings (SSSR count). The smallest absolute Gasteiger partial charge is 0.411 e. The lowest BCUT2D eigenvalue weighted by atomic mass is 9.75. The fourth-order valence-corrected chi connectivity index (χ4v) is 5.17. The van der Waals surface area contributed by atoms with Crippen LogP contribution in [0.3, 0.4) is 0 Å². The van der Waals surface area contributed by atoms with Gasteiger partial charge in [-0.3, -0.25) is 4.79 Å². The van der Waals surface area contributed by atoms with Gasteiger partial charge in [0.15, 0.2) is 0 Å². The van der Waals surface area contributed by atoms with Crippen LogP contribution in [0.5, 0.6) is 0 Å². The summed E-state index contributed by atoms with van der Waals surface area (Å²) in [6, 6.07) is 21.5. The van der Waals surface area contributed by atoms with Gasteiger partial charge in [0.1, 0.15) is 5.60 Å². The molecule has 192 valence electrons. The molecule has 2 heterocycles. The standard InChI is InChI=1S/C32H36N2O3/c1-7-31(5,6)22-32(28-11-9-8-10-12-28)19-20-33(30(36)37-32)24(4)25-13-15-26(16-14-25)27-17-18-29(35)34(21-27)23(2)3/h1,8-18,21,23-24H,19-20,22H2,2-6H3/t24-,32-/m0/s1. The molecule has 1 aliphatic heterocycles. The Kier molecular flexibility index (Phi) is 7.32. The zero-order valence-corrected chi connectivity index (χ0v) is 22.4. The highest BCUT2D eigenvalue weighted by molar-refractivity contribution is 5.70. The van der Waals surface area contributed by atoms with Gasteiger partial charge in [0.25, 0.3) is 5.56 Å². The van der Waals surface area contributed by atoms with Crippen molar-refractivity contribution in [3.05, 3.63) is 94.4 Å². The first-order valence-corrected chi connectivity index (χ1v) is 12.9. The summed E-state index contributed by atoms with van der Waals surface area (Å²) in [5, 5.41) is 0. The third-order valence-corrected chi connectivity index (χ3v) is 7.38. The quantitative estimate of drug-likeness (QED) is 0.333. The van der Waals surface area contributed by atoms with Crippen molar-refractivity contribution in [2.24, 2.45) is 5.41 Å². The van der Waals surface area contributed by atoms with E-state index in [1.165, 1.54) is 0 Å². The number of hydrogen-bond acceptors (Lipinski definition) is 3. The van der Waals surface area contributed by atoms with Crippen molar-refractivity contribution in [1.29, 1.82) is 0 Å². The van der Waals surface area contributed by atoms with Crippen molar-refractivity contribution in [1.82, 2.24) is 9.47 Å². The first-order valence-electron chi connectivity index (χ1n) is 12.9. The first-order chi connectivity index (χ1) is 17.5. The SMILES string of the molecule is C#CC(C)(C)C[C@]1(c2ccccc2)CCN([C@@H](C)c2ccc(-c3ccc(=O)n(C(C)C)c3)cc2)C(=O)O1. The number of ether oxygens (including phenoxy) is 1. The lowest BCUT2D eigenvalue weighted by Gasteiger charge is -2.45. The minimum absolute atomic E-state index is 0.00943. The molecule has 37 heavy (non-hydrogen) atoms. The van der Waals surface area contributed by atoms with Crippen LogP contribution in [0.2, 0.25) is 0 Å². The van der Waals surface area contributed by atoms with Crippen LogP contribution >= 0.6 is 0 Å². The van der Waals surface area contributed by atoms with Gasteiger partial charge in [-0.05, 0) is 62.9 Å². The zero-order valence-electron chi connectivity index (χ0n) is 22.4. The van der Waals surface area contributed by atoms with Gasteiger partial charge < -0.3 is 14.2 Å². The Morgan fingerprint density at radius 3 is 2.22 bits per heavy atom. The van der Waals surface area contributed by atoms with Crippen molar-refractivity contribution >= 4 is 6.09 Å². The molecule has 2 aromatic carbocycles. The number of hydrogen-bond donors (Lipinski definition) is 0. The van der Waals surface area contributed by atoms with Gasteiger partial charge in [-0.2, -0.15) is 0 Å². The molecule has 3 aromatic rings. The normalized spacial score (nSPS) is 18.8. The maximum atomic E-state index is 13.4. The Hall–Kier alpha value is -3.78. The maximum absolute atomic E-state index is 13.4. The number of pyridine rings is 1. The van der Waals surface area contributed by atoms with Gasteiger partial charge in [-0.1, -0.05) is 54.6 Å². The molecule has 1 fully saturated rings. The Labute approximate surface area is 220 Å². The highest BCUT2D eigenvalue weighted by Gasteiger charge is 2.46. The van der Waals surface area contributed by atoms with Crippen LogP contribution in [-0.4, -0.2) is 22.1 Å². The highest BCUT2D eigenvalue weighted by Crippen LogP contribution is 2.44. The van der Waals surface area contributed by atoms with E-state index in [4.69, 9.17) is 11.2 Å². The summed E-state index contributed by atoms with van der Waals surface area (Å²) in [6.45, 7) is 10.6. The Morgan fingerprint density at radius 2 is 1.62 bits per heavy atom. The number of rotatable bonds is 7. The molecule has 0 N–H and O–H groups in total. The second-order valence-electron chi connectivity index (χ2n) is 10.9. The predicted molar refractivity (Wildman–Crippen MR) is 148 cm³/mol. The average Bonchev–Trinajstić information content (AvgIpc) is 2.89. The van der Waals surface area contributed by atoms with Crippen LogP contribution in [0, 0.1) is 17.8 Å². The van der Waals surface area contributed by atoms with Gasteiger partial charge in [-0.25, -0.2) is 4.79 Å². The fraction of sp³-hybridized carbons (Fsp3) is 0.375. The van der Waals surface area contributed by atoms with Crippen molar-refractivity contribution in [2.75, 3.05) is 6.54 Å². The second kappa shape index (κ2) is 10.3. The van der Waals surface area contributed by atoms with E-state index < -0.39 is 11.0 Å². The molecule has 5 heteroatoms. The number of carbonyl (C=O) groups excluding carboxylic acids is 1. The van der Waals surface area contributed by atoms with Gasteiger partial charge in [0, 0.05) is 43.1 Å². The number of carbonyl (C=O) groups is 1. The molecular weight excluding hydrogens is 460 g/mol. The number of benzene rings is 2. The minimum Gasteiger partial charge on any atom is -0.438 e. The number of cyclic esters (lactones) is 1. The van der Waals surface area contributed by atoms with E-state index in [1.54, 1.807) is 15.5 Å². The zero-order chi connectivity index (χ0) is 26.8. The fourth-order valence-electron chi connectivity index (χ4n) is 5.17. The molecule has 0 bridgehead atoms. The third kappa shape index (κ3) is 5.49. The van der Waals surface area contributed by atoms with Gasteiger partial charge >= 0.3 is 6.09 Å². The Balaban J connectivity index is 1.55. The molecular formula is C32H36N2O3. The summed E-state index contributed by atoms with van der Waals surface area (Å²) in [7, 11) is 0. The van der Waals surface area contributed by atoms with E-state index in [1.807, 2.05) is 101 Å². The summed E-state index contributed by atoms with van der Waals surface area (Å²) >= 11 is 0. The van der Waals surface area contributed by atoms with Crippen molar-refractivity contribution in [2.45, 2.75) is 65.1 Å². The molecule has 0 spiro atoms. The van der Waals surface area contributed by atoms with E-state index in [0.29, 0.717) is 19.4 Å². The van der Waals surface area contributed by atoms with Crippen LogP contribution in [0.25, 0.3) is 11.1 Å². The van der Waals surface area contributed by atoms with E-state index in [9.17, 15) is 9.59 Å². The molecule has 1 aliphatic rings. The van der Waals surface area contributed by atoms with Gasteiger partial charge in [0.2, 0.25) is 0 Å². The number of terminal acetylenes is 1. The predicted octanol–water partition coefficient (Wildman–Crippen LogP) is 6.94. The maximum Gasteiger partial charge on any atom is 0.411 e. The van der Waals surface area contributed by atoms with Crippen LogP contribution < -0.4 is 5.56 Å². The van der Waals surface area contributed by atoms with E-state index in [0.717, 1.165) is 22.3 Å². The summed E-state index contributed by atoms with van der Waals surface area (Å²) in [4.78, 5) is 27.3.